The number of nitrogens with one attached hydrogen (secondary N) is 1. The normalized spacial score (nSPS) is 14.2. The average molecular weight is 276 g/mol. The van der Waals surface area contributed by atoms with Gasteiger partial charge in [0.05, 0.1) is 18.1 Å². The van der Waals surface area contributed by atoms with Gasteiger partial charge in [0.2, 0.25) is 0 Å². The van der Waals surface area contributed by atoms with Gasteiger partial charge < -0.3 is 5.32 Å². The summed E-state index contributed by atoms with van der Waals surface area (Å²) in [7, 11) is 1.93. The van der Waals surface area contributed by atoms with Crippen molar-refractivity contribution in [2.45, 2.75) is 39.3 Å². The van der Waals surface area contributed by atoms with E-state index in [-0.39, 0.29) is 17.9 Å². The molecule has 2 rings (SSSR count). The molecule has 0 aliphatic rings. The molecule has 2 atom stereocenters. The van der Waals surface area contributed by atoms with Gasteiger partial charge in [-0.05, 0) is 32.4 Å². The lowest BCUT2D eigenvalue weighted by Gasteiger charge is -2.22. The molecule has 20 heavy (non-hydrogen) atoms. The summed E-state index contributed by atoms with van der Waals surface area (Å²) < 4.78 is 14.8. The highest BCUT2D eigenvalue weighted by molar-refractivity contribution is 5.20. The van der Waals surface area contributed by atoms with E-state index < -0.39 is 0 Å². The number of hydrogen-bond donors (Lipinski definition) is 1. The van der Waals surface area contributed by atoms with Crippen molar-refractivity contribution >= 4 is 0 Å². The van der Waals surface area contributed by atoms with Crippen molar-refractivity contribution in [1.29, 1.82) is 0 Å². The lowest BCUT2D eigenvalue weighted by molar-refractivity contribution is 0.445. The Kier molecular flexibility index (Phi) is 4.49. The first-order valence-corrected chi connectivity index (χ1v) is 6.89. The molecule has 2 aromatic heterocycles. The van der Waals surface area contributed by atoms with Gasteiger partial charge in [-0.3, -0.25) is 9.67 Å². The fraction of sp³-hybridized carbons (Fsp3) is 0.467. The molecule has 0 fully saturated rings. The molecule has 2 aromatic rings. The number of halogens is 1. The van der Waals surface area contributed by atoms with Gasteiger partial charge in [0, 0.05) is 30.4 Å². The summed E-state index contributed by atoms with van der Waals surface area (Å²) in [4.78, 5) is 4.17. The number of aryl methyl sites for hydroxylation is 1. The van der Waals surface area contributed by atoms with Crippen LogP contribution in [0, 0.1) is 12.7 Å². The molecule has 2 unspecified atom stereocenters. The molecule has 0 saturated heterocycles. The fourth-order valence-electron chi connectivity index (χ4n) is 2.34. The van der Waals surface area contributed by atoms with Gasteiger partial charge in [0.25, 0.3) is 0 Å². The first-order valence-electron chi connectivity index (χ1n) is 6.89. The largest absolute Gasteiger partial charge is 0.302 e. The number of aromatic nitrogens is 3. The van der Waals surface area contributed by atoms with E-state index in [0.717, 1.165) is 17.8 Å². The van der Waals surface area contributed by atoms with Gasteiger partial charge in [-0.25, -0.2) is 4.39 Å². The molecule has 108 valence electrons. The Morgan fingerprint density at radius 2 is 2.10 bits per heavy atom. The molecule has 5 heteroatoms. The van der Waals surface area contributed by atoms with E-state index in [1.807, 2.05) is 17.9 Å². The average Bonchev–Trinajstić information content (AvgIpc) is 2.77. The van der Waals surface area contributed by atoms with Gasteiger partial charge >= 0.3 is 0 Å². The van der Waals surface area contributed by atoms with Crippen molar-refractivity contribution in [2.75, 3.05) is 0 Å². The van der Waals surface area contributed by atoms with Crippen LogP contribution in [0.15, 0.2) is 24.5 Å². The van der Waals surface area contributed by atoms with Gasteiger partial charge in [-0.15, -0.1) is 0 Å². The molecular weight excluding hydrogens is 255 g/mol. The van der Waals surface area contributed by atoms with E-state index in [2.05, 4.69) is 36.2 Å². The number of nitrogens with zero attached hydrogens (tertiary/aromatic N) is 3. The maximum absolute atomic E-state index is 12.9. The Bertz CT molecular complexity index is 562. The van der Waals surface area contributed by atoms with Gasteiger partial charge in [0.1, 0.15) is 5.82 Å². The summed E-state index contributed by atoms with van der Waals surface area (Å²) in [5.41, 5.74) is 3.18. The first kappa shape index (κ1) is 14.7. The van der Waals surface area contributed by atoms with Crippen LogP contribution in [-0.2, 0) is 7.05 Å². The van der Waals surface area contributed by atoms with Crippen LogP contribution >= 0.6 is 0 Å². The zero-order chi connectivity index (χ0) is 14.7. The molecular formula is C15H21FN4. The summed E-state index contributed by atoms with van der Waals surface area (Å²) in [5.74, 6) is -0.306. The minimum atomic E-state index is -0.306. The number of rotatable bonds is 5. The van der Waals surface area contributed by atoms with Crippen molar-refractivity contribution in [1.82, 2.24) is 20.1 Å². The van der Waals surface area contributed by atoms with E-state index in [1.165, 1.54) is 17.8 Å². The molecule has 1 N–H and O–H groups in total. The second kappa shape index (κ2) is 6.13. The summed E-state index contributed by atoms with van der Waals surface area (Å²) in [6.45, 7) is 6.25. The molecule has 0 radical (unpaired) electrons. The zero-order valence-corrected chi connectivity index (χ0v) is 12.4. The molecule has 0 aliphatic heterocycles. The summed E-state index contributed by atoms with van der Waals surface area (Å²) in [6, 6.07) is 3.46. The number of hydrogen-bond acceptors (Lipinski definition) is 3. The van der Waals surface area contributed by atoms with Crippen LogP contribution in [0.3, 0.4) is 0 Å². The van der Waals surface area contributed by atoms with E-state index in [4.69, 9.17) is 0 Å². The molecule has 0 amide bonds. The number of pyridine rings is 1. The highest BCUT2D eigenvalue weighted by Gasteiger charge is 2.17. The van der Waals surface area contributed by atoms with Gasteiger partial charge in [-0.2, -0.15) is 5.10 Å². The van der Waals surface area contributed by atoms with Gasteiger partial charge in [-0.1, -0.05) is 6.92 Å². The molecule has 0 saturated carbocycles. The van der Waals surface area contributed by atoms with Crippen LogP contribution in [-0.4, -0.2) is 14.8 Å². The molecule has 0 aliphatic carbocycles. The second-order valence-corrected chi connectivity index (χ2v) is 5.06. The highest BCUT2D eigenvalue weighted by atomic mass is 19.1. The third kappa shape index (κ3) is 3.04. The smallest absolute Gasteiger partial charge is 0.141 e. The van der Waals surface area contributed by atoms with Crippen LogP contribution < -0.4 is 5.32 Å². The molecule has 2 heterocycles. The van der Waals surface area contributed by atoms with Crippen molar-refractivity contribution in [3.05, 3.63) is 47.3 Å². The molecule has 4 nitrogen and oxygen atoms in total. The van der Waals surface area contributed by atoms with Crippen LogP contribution in [0.2, 0.25) is 0 Å². The Morgan fingerprint density at radius 1 is 1.35 bits per heavy atom. The van der Waals surface area contributed by atoms with Crippen LogP contribution in [0.4, 0.5) is 4.39 Å². The summed E-state index contributed by atoms with van der Waals surface area (Å²) in [5, 5.41) is 7.80. The SMILES string of the molecule is CCC(NC(C)c1cnn(C)c1C)c1ccc(F)cn1. The van der Waals surface area contributed by atoms with Crippen molar-refractivity contribution in [2.24, 2.45) is 7.05 Å². The Balaban J connectivity index is 2.14. The summed E-state index contributed by atoms with van der Waals surface area (Å²) >= 11 is 0. The van der Waals surface area contributed by atoms with Gasteiger partial charge in [0.15, 0.2) is 0 Å². The predicted octanol–water partition coefficient (Wildman–Crippen LogP) is 3.06. The topological polar surface area (TPSA) is 42.7 Å². The molecule has 0 bridgehead atoms. The third-order valence-electron chi connectivity index (χ3n) is 3.71. The quantitative estimate of drug-likeness (QED) is 0.912. The van der Waals surface area contributed by atoms with E-state index >= 15 is 0 Å². The molecule has 0 aromatic carbocycles. The Morgan fingerprint density at radius 3 is 2.60 bits per heavy atom. The van der Waals surface area contributed by atoms with E-state index in [0.29, 0.717) is 0 Å². The van der Waals surface area contributed by atoms with Crippen molar-refractivity contribution in [3.8, 4) is 0 Å². The second-order valence-electron chi connectivity index (χ2n) is 5.06. The molecule has 0 spiro atoms. The van der Waals surface area contributed by atoms with Crippen LogP contribution in [0.1, 0.15) is 49.3 Å². The first-order chi connectivity index (χ1) is 9.52. The lowest BCUT2D eigenvalue weighted by atomic mass is 10.1. The maximum atomic E-state index is 12.9. The Labute approximate surface area is 119 Å². The third-order valence-corrected chi connectivity index (χ3v) is 3.71. The maximum Gasteiger partial charge on any atom is 0.141 e. The fourth-order valence-corrected chi connectivity index (χ4v) is 2.34. The highest BCUT2D eigenvalue weighted by Crippen LogP contribution is 2.22. The lowest BCUT2D eigenvalue weighted by Crippen LogP contribution is -2.25. The zero-order valence-electron chi connectivity index (χ0n) is 12.4. The van der Waals surface area contributed by atoms with Crippen LogP contribution in [0.25, 0.3) is 0 Å². The Hall–Kier alpha value is -1.75. The van der Waals surface area contributed by atoms with E-state index in [9.17, 15) is 4.39 Å². The van der Waals surface area contributed by atoms with Crippen LogP contribution in [0.5, 0.6) is 0 Å². The standard InChI is InChI=1S/C15H21FN4/c1-5-14(15-7-6-12(16)8-17-15)19-10(2)13-9-18-20(4)11(13)3/h6-10,14,19H,5H2,1-4H3. The van der Waals surface area contributed by atoms with E-state index in [1.54, 1.807) is 6.07 Å². The minimum Gasteiger partial charge on any atom is -0.302 e. The summed E-state index contributed by atoms with van der Waals surface area (Å²) in [6.07, 6.45) is 4.04. The minimum absolute atomic E-state index is 0.102. The monoisotopic (exact) mass is 276 g/mol. The van der Waals surface area contributed by atoms with Crippen molar-refractivity contribution < 1.29 is 4.39 Å². The van der Waals surface area contributed by atoms with Crippen molar-refractivity contribution in [3.63, 3.8) is 0 Å². The predicted molar refractivity (Wildman–Crippen MR) is 76.7 cm³/mol.